The van der Waals surface area contributed by atoms with Crippen LogP contribution in [-0.2, 0) is 9.53 Å². The van der Waals surface area contributed by atoms with Gasteiger partial charge in [-0.25, -0.2) is 0 Å². The van der Waals surface area contributed by atoms with Crippen LogP contribution in [0.5, 0.6) is 0 Å². The summed E-state index contributed by atoms with van der Waals surface area (Å²) < 4.78 is 4.93. The number of thiocarbonyl (C=S) groups is 1. The van der Waals surface area contributed by atoms with Crippen molar-refractivity contribution in [3.8, 4) is 0 Å². The number of nitrogens with one attached hydrogen (secondary N) is 1. The van der Waals surface area contributed by atoms with Crippen LogP contribution in [0.25, 0.3) is 0 Å². The third-order valence-corrected chi connectivity index (χ3v) is 2.18. The summed E-state index contributed by atoms with van der Waals surface area (Å²) in [6.45, 7) is 3.46. The first kappa shape index (κ1) is 15.3. The highest BCUT2D eigenvalue weighted by Gasteiger charge is 2.09. The van der Waals surface area contributed by atoms with E-state index in [1.807, 2.05) is 18.9 Å². The van der Waals surface area contributed by atoms with Crippen molar-refractivity contribution in [1.82, 2.24) is 10.2 Å². The molecule has 3 N–H and O–H groups in total. The number of carbonyl (C=O) groups excluding carboxylic acids is 1. The highest BCUT2D eigenvalue weighted by molar-refractivity contribution is 7.80. The first-order chi connectivity index (χ1) is 7.45. The standard InChI is InChI=1S/C10H21N3O2S/c1-8(7-15-3)12-10(14)6-13(2)5-4-9(11)16/h8H,4-7H2,1-3H3,(H2,11,16)(H,12,14). The molecule has 0 radical (unpaired) electrons. The Labute approximate surface area is 102 Å². The maximum Gasteiger partial charge on any atom is 0.234 e. The van der Waals surface area contributed by atoms with Crippen LogP contribution in [-0.4, -0.2) is 55.7 Å². The fraction of sp³-hybridized carbons (Fsp3) is 0.800. The third kappa shape index (κ3) is 8.58. The van der Waals surface area contributed by atoms with E-state index in [4.69, 9.17) is 22.7 Å². The molecule has 0 aliphatic carbocycles. The van der Waals surface area contributed by atoms with E-state index in [0.717, 1.165) is 0 Å². The van der Waals surface area contributed by atoms with Crippen molar-refractivity contribution in [1.29, 1.82) is 0 Å². The Balaban J connectivity index is 3.73. The smallest absolute Gasteiger partial charge is 0.234 e. The number of hydrogen-bond donors (Lipinski definition) is 2. The Bertz CT molecular complexity index is 236. The van der Waals surface area contributed by atoms with Gasteiger partial charge in [-0.05, 0) is 14.0 Å². The van der Waals surface area contributed by atoms with E-state index in [0.29, 0.717) is 31.1 Å². The topological polar surface area (TPSA) is 67.6 Å². The molecule has 1 atom stereocenters. The molecular formula is C10H21N3O2S. The summed E-state index contributed by atoms with van der Waals surface area (Å²) in [5.41, 5.74) is 5.38. The lowest BCUT2D eigenvalue weighted by Gasteiger charge is -2.18. The van der Waals surface area contributed by atoms with Crippen LogP contribution < -0.4 is 11.1 Å². The number of nitrogens with two attached hydrogens (primary N) is 1. The van der Waals surface area contributed by atoms with Gasteiger partial charge in [0.2, 0.25) is 5.91 Å². The van der Waals surface area contributed by atoms with Gasteiger partial charge in [-0.15, -0.1) is 0 Å². The Morgan fingerprint density at radius 2 is 2.25 bits per heavy atom. The monoisotopic (exact) mass is 247 g/mol. The van der Waals surface area contributed by atoms with Crippen molar-refractivity contribution in [3.05, 3.63) is 0 Å². The van der Waals surface area contributed by atoms with Crippen LogP contribution in [0.3, 0.4) is 0 Å². The Morgan fingerprint density at radius 1 is 1.62 bits per heavy atom. The molecule has 94 valence electrons. The molecule has 1 amide bonds. The minimum atomic E-state index is -0.0185. The first-order valence-corrected chi connectivity index (χ1v) is 5.61. The SMILES string of the molecule is COCC(C)NC(=O)CN(C)CCC(N)=S. The number of carbonyl (C=O) groups is 1. The number of methoxy groups -OCH3 is 1. The Kier molecular flexibility index (Phi) is 8.05. The number of hydrogen-bond acceptors (Lipinski definition) is 4. The molecule has 0 aliphatic rings. The van der Waals surface area contributed by atoms with E-state index >= 15 is 0 Å². The van der Waals surface area contributed by atoms with Crippen LogP contribution in [0.4, 0.5) is 0 Å². The fourth-order valence-corrected chi connectivity index (χ4v) is 1.33. The summed E-state index contributed by atoms with van der Waals surface area (Å²) in [7, 11) is 3.47. The van der Waals surface area contributed by atoms with Crippen LogP contribution in [0.15, 0.2) is 0 Å². The number of amides is 1. The van der Waals surface area contributed by atoms with Crippen LogP contribution in [0, 0.1) is 0 Å². The quantitative estimate of drug-likeness (QED) is 0.579. The average molecular weight is 247 g/mol. The molecule has 0 aromatic carbocycles. The van der Waals surface area contributed by atoms with Gasteiger partial charge in [0.05, 0.1) is 18.1 Å². The van der Waals surface area contributed by atoms with E-state index in [1.54, 1.807) is 7.11 Å². The van der Waals surface area contributed by atoms with Crippen molar-refractivity contribution in [2.45, 2.75) is 19.4 Å². The summed E-state index contributed by atoms with van der Waals surface area (Å²) in [6.07, 6.45) is 0.632. The van der Waals surface area contributed by atoms with Crippen LogP contribution >= 0.6 is 12.2 Å². The van der Waals surface area contributed by atoms with E-state index in [1.165, 1.54) is 0 Å². The number of nitrogens with zero attached hydrogens (tertiary/aromatic N) is 1. The zero-order valence-electron chi connectivity index (χ0n) is 10.2. The first-order valence-electron chi connectivity index (χ1n) is 5.20. The Morgan fingerprint density at radius 3 is 2.75 bits per heavy atom. The van der Waals surface area contributed by atoms with Gasteiger partial charge >= 0.3 is 0 Å². The van der Waals surface area contributed by atoms with Crippen molar-refractivity contribution >= 4 is 23.1 Å². The van der Waals surface area contributed by atoms with E-state index in [2.05, 4.69) is 5.32 Å². The van der Waals surface area contributed by atoms with E-state index in [9.17, 15) is 4.79 Å². The van der Waals surface area contributed by atoms with Gasteiger partial charge in [-0.3, -0.25) is 9.69 Å². The van der Waals surface area contributed by atoms with Crippen molar-refractivity contribution < 1.29 is 9.53 Å². The van der Waals surface area contributed by atoms with Crippen molar-refractivity contribution in [3.63, 3.8) is 0 Å². The van der Waals surface area contributed by atoms with Gasteiger partial charge in [0, 0.05) is 26.1 Å². The van der Waals surface area contributed by atoms with Gasteiger partial charge in [0.1, 0.15) is 0 Å². The molecule has 5 nitrogen and oxygen atoms in total. The normalized spacial score (nSPS) is 12.5. The Hall–Kier alpha value is -0.720. The van der Waals surface area contributed by atoms with Gasteiger partial charge in [0.15, 0.2) is 0 Å². The second-order valence-corrected chi connectivity index (χ2v) is 4.40. The minimum Gasteiger partial charge on any atom is -0.393 e. The summed E-state index contributed by atoms with van der Waals surface area (Å²) >= 11 is 4.77. The lowest BCUT2D eigenvalue weighted by atomic mass is 10.3. The van der Waals surface area contributed by atoms with Gasteiger partial charge in [-0.2, -0.15) is 0 Å². The zero-order chi connectivity index (χ0) is 12.6. The van der Waals surface area contributed by atoms with Gasteiger partial charge in [-0.1, -0.05) is 12.2 Å². The van der Waals surface area contributed by atoms with Crippen LogP contribution in [0.2, 0.25) is 0 Å². The van der Waals surface area contributed by atoms with Crippen molar-refractivity contribution in [2.24, 2.45) is 5.73 Å². The molecule has 0 fully saturated rings. The van der Waals surface area contributed by atoms with Gasteiger partial charge in [0.25, 0.3) is 0 Å². The molecule has 0 saturated heterocycles. The second kappa shape index (κ2) is 8.43. The third-order valence-electron chi connectivity index (χ3n) is 1.98. The maximum atomic E-state index is 11.5. The van der Waals surface area contributed by atoms with E-state index in [-0.39, 0.29) is 11.9 Å². The minimum absolute atomic E-state index is 0.0185. The predicted octanol–water partition coefficient (Wildman–Crippen LogP) is -0.254. The lowest BCUT2D eigenvalue weighted by Crippen LogP contribution is -2.42. The highest BCUT2D eigenvalue weighted by Crippen LogP contribution is 1.89. The molecule has 0 aliphatic heterocycles. The summed E-state index contributed by atoms with van der Waals surface area (Å²) in [5.74, 6) is -0.0185. The lowest BCUT2D eigenvalue weighted by molar-refractivity contribution is -0.122. The maximum absolute atomic E-state index is 11.5. The predicted molar refractivity (Wildman–Crippen MR) is 68.4 cm³/mol. The van der Waals surface area contributed by atoms with Crippen molar-refractivity contribution in [2.75, 3.05) is 33.9 Å². The fourth-order valence-electron chi connectivity index (χ4n) is 1.24. The molecular weight excluding hydrogens is 226 g/mol. The molecule has 0 spiro atoms. The number of likely N-dealkylation sites (N-methyl/N-ethyl adjacent to an activating group) is 1. The molecule has 6 heteroatoms. The molecule has 0 bridgehead atoms. The summed E-state index contributed by atoms with van der Waals surface area (Å²) in [4.78, 5) is 13.9. The van der Waals surface area contributed by atoms with E-state index < -0.39 is 0 Å². The molecule has 0 aromatic rings. The zero-order valence-corrected chi connectivity index (χ0v) is 11.0. The highest BCUT2D eigenvalue weighted by atomic mass is 32.1. The molecule has 0 rings (SSSR count). The number of ether oxygens (including phenoxy) is 1. The largest absolute Gasteiger partial charge is 0.393 e. The van der Waals surface area contributed by atoms with Crippen LogP contribution in [0.1, 0.15) is 13.3 Å². The second-order valence-electron chi connectivity index (χ2n) is 3.88. The average Bonchev–Trinajstić information content (AvgIpc) is 2.14. The number of rotatable bonds is 8. The summed E-state index contributed by atoms with van der Waals surface area (Å²) in [6, 6.07) is 0.0292. The molecule has 0 heterocycles. The molecule has 0 aromatic heterocycles. The molecule has 0 saturated carbocycles. The molecule has 1 unspecified atom stereocenters. The molecule has 16 heavy (non-hydrogen) atoms. The van der Waals surface area contributed by atoms with Gasteiger partial charge < -0.3 is 15.8 Å². The summed E-state index contributed by atoms with van der Waals surface area (Å²) in [5, 5.41) is 2.83.